The van der Waals surface area contributed by atoms with Crippen molar-refractivity contribution in [2.45, 2.75) is 38.6 Å². The van der Waals surface area contributed by atoms with Crippen molar-refractivity contribution in [3.8, 4) is 0 Å². The van der Waals surface area contributed by atoms with E-state index >= 15 is 0 Å². The van der Waals surface area contributed by atoms with Gasteiger partial charge in [0.05, 0.1) is 11.5 Å². The monoisotopic (exact) mass is 300 g/mol. The second-order valence-electron chi connectivity index (χ2n) is 6.03. The van der Waals surface area contributed by atoms with Crippen LogP contribution in [0, 0.1) is 0 Å². The molecule has 3 rings (SSSR count). The van der Waals surface area contributed by atoms with Gasteiger partial charge in [-0.05, 0) is 54.5 Å². The SMILES string of the molecule is CCc1ccsc1C(N)c1ccc2c(c1)C(C)(C)C(=O)N2. The predicted molar refractivity (Wildman–Crippen MR) is 87.8 cm³/mol. The van der Waals surface area contributed by atoms with Crippen LogP contribution in [0.25, 0.3) is 0 Å². The zero-order valence-electron chi connectivity index (χ0n) is 12.6. The number of benzene rings is 1. The van der Waals surface area contributed by atoms with Crippen LogP contribution in [-0.2, 0) is 16.6 Å². The predicted octanol–water partition coefficient (Wildman–Crippen LogP) is 3.59. The summed E-state index contributed by atoms with van der Waals surface area (Å²) >= 11 is 1.70. The van der Waals surface area contributed by atoms with Crippen molar-refractivity contribution in [3.05, 3.63) is 51.2 Å². The summed E-state index contributed by atoms with van der Waals surface area (Å²) in [7, 11) is 0. The van der Waals surface area contributed by atoms with Gasteiger partial charge in [-0.2, -0.15) is 0 Å². The fourth-order valence-corrected chi connectivity index (χ4v) is 3.87. The van der Waals surface area contributed by atoms with Gasteiger partial charge in [-0.25, -0.2) is 0 Å². The molecule has 1 unspecified atom stereocenters. The molecule has 1 atom stereocenters. The number of nitrogens with two attached hydrogens (primary N) is 1. The lowest BCUT2D eigenvalue weighted by atomic mass is 9.84. The summed E-state index contributed by atoms with van der Waals surface area (Å²) < 4.78 is 0. The van der Waals surface area contributed by atoms with E-state index < -0.39 is 5.41 Å². The second-order valence-corrected chi connectivity index (χ2v) is 6.97. The highest BCUT2D eigenvalue weighted by Gasteiger charge is 2.38. The summed E-state index contributed by atoms with van der Waals surface area (Å²) in [5, 5.41) is 5.03. The molecule has 0 radical (unpaired) electrons. The Morgan fingerprint density at radius 3 is 2.81 bits per heavy atom. The third-order valence-corrected chi connectivity index (χ3v) is 5.38. The maximum Gasteiger partial charge on any atom is 0.234 e. The molecule has 0 aliphatic carbocycles. The van der Waals surface area contributed by atoms with Gasteiger partial charge in [0.15, 0.2) is 0 Å². The number of fused-ring (bicyclic) bond motifs is 1. The van der Waals surface area contributed by atoms with Crippen LogP contribution in [0.15, 0.2) is 29.6 Å². The first-order chi connectivity index (χ1) is 9.95. The number of rotatable bonds is 3. The van der Waals surface area contributed by atoms with Crippen LogP contribution >= 0.6 is 11.3 Å². The van der Waals surface area contributed by atoms with Gasteiger partial charge in [-0.15, -0.1) is 11.3 Å². The third-order valence-electron chi connectivity index (χ3n) is 4.34. The van der Waals surface area contributed by atoms with E-state index in [1.54, 1.807) is 11.3 Å². The Balaban J connectivity index is 2.02. The highest BCUT2D eigenvalue weighted by atomic mass is 32.1. The van der Waals surface area contributed by atoms with E-state index in [4.69, 9.17) is 5.73 Å². The molecule has 1 aliphatic rings. The summed E-state index contributed by atoms with van der Waals surface area (Å²) in [6.07, 6.45) is 0.989. The molecule has 1 aromatic carbocycles. The van der Waals surface area contributed by atoms with E-state index in [0.29, 0.717) is 0 Å². The largest absolute Gasteiger partial charge is 0.325 e. The molecular weight excluding hydrogens is 280 g/mol. The molecule has 1 amide bonds. The Hall–Kier alpha value is -1.65. The third kappa shape index (κ3) is 2.19. The minimum Gasteiger partial charge on any atom is -0.325 e. The summed E-state index contributed by atoms with van der Waals surface area (Å²) in [6, 6.07) is 8.08. The van der Waals surface area contributed by atoms with Crippen molar-refractivity contribution < 1.29 is 4.79 Å². The number of carbonyl (C=O) groups excluding carboxylic acids is 1. The molecule has 4 heteroatoms. The van der Waals surface area contributed by atoms with Crippen molar-refractivity contribution >= 4 is 22.9 Å². The molecule has 110 valence electrons. The summed E-state index contributed by atoms with van der Waals surface area (Å²) in [5.74, 6) is 0.0496. The zero-order chi connectivity index (χ0) is 15.2. The lowest BCUT2D eigenvalue weighted by Crippen LogP contribution is -2.27. The normalized spacial score (nSPS) is 17.4. The first-order valence-corrected chi connectivity index (χ1v) is 8.10. The highest BCUT2D eigenvalue weighted by Crippen LogP contribution is 2.39. The van der Waals surface area contributed by atoms with E-state index in [1.165, 1.54) is 10.4 Å². The minimum absolute atomic E-state index is 0.0496. The maximum absolute atomic E-state index is 12.0. The second kappa shape index (κ2) is 4.97. The van der Waals surface area contributed by atoms with Gasteiger partial charge in [-0.3, -0.25) is 4.79 Å². The number of thiophene rings is 1. The van der Waals surface area contributed by atoms with Crippen LogP contribution in [0.2, 0.25) is 0 Å². The minimum atomic E-state index is -0.492. The Kier molecular flexibility index (Phi) is 3.38. The van der Waals surface area contributed by atoms with Crippen LogP contribution in [0.4, 0.5) is 5.69 Å². The van der Waals surface area contributed by atoms with Gasteiger partial charge in [0, 0.05) is 10.6 Å². The number of amides is 1. The summed E-state index contributed by atoms with van der Waals surface area (Å²) in [4.78, 5) is 13.2. The van der Waals surface area contributed by atoms with Crippen molar-refractivity contribution in [2.75, 3.05) is 5.32 Å². The van der Waals surface area contributed by atoms with E-state index in [2.05, 4.69) is 29.8 Å². The number of anilines is 1. The molecule has 1 aromatic heterocycles. The van der Waals surface area contributed by atoms with E-state index in [1.807, 2.05) is 26.0 Å². The first kappa shape index (κ1) is 14.3. The van der Waals surface area contributed by atoms with E-state index in [0.717, 1.165) is 23.2 Å². The summed E-state index contributed by atoms with van der Waals surface area (Å²) in [6.45, 7) is 6.05. The number of hydrogen-bond acceptors (Lipinski definition) is 3. The molecule has 2 aromatic rings. The molecule has 21 heavy (non-hydrogen) atoms. The Bertz CT molecular complexity index is 703. The van der Waals surface area contributed by atoms with Crippen molar-refractivity contribution in [2.24, 2.45) is 5.73 Å². The van der Waals surface area contributed by atoms with Crippen molar-refractivity contribution in [1.82, 2.24) is 0 Å². The molecule has 0 fully saturated rings. The average molecular weight is 300 g/mol. The summed E-state index contributed by atoms with van der Waals surface area (Å²) in [5.41, 5.74) is 10.3. The Morgan fingerprint density at radius 1 is 1.33 bits per heavy atom. The molecule has 1 aliphatic heterocycles. The van der Waals surface area contributed by atoms with Gasteiger partial charge in [-0.1, -0.05) is 19.1 Å². The first-order valence-electron chi connectivity index (χ1n) is 7.23. The molecule has 0 spiro atoms. The van der Waals surface area contributed by atoms with Gasteiger partial charge >= 0.3 is 0 Å². The molecule has 3 nitrogen and oxygen atoms in total. The van der Waals surface area contributed by atoms with Crippen LogP contribution in [-0.4, -0.2) is 5.91 Å². The maximum atomic E-state index is 12.0. The molecular formula is C17H20N2OS. The van der Waals surface area contributed by atoms with Gasteiger partial charge in [0.2, 0.25) is 5.91 Å². The average Bonchev–Trinajstić information content (AvgIpc) is 3.02. The fraction of sp³-hybridized carbons (Fsp3) is 0.353. The quantitative estimate of drug-likeness (QED) is 0.910. The van der Waals surface area contributed by atoms with Crippen molar-refractivity contribution in [3.63, 3.8) is 0 Å². The molecule has 0 bridgehead atoms. The molecule has 3 N–H and O–H groups in total. The Morgan fingerprint density at radius 2 is 2.10 bits per heavy atom. The van der Waals surface area contributed by atoms with Crippen molar-refractivity contribution in [1.29, 1.82) is 0 Å². The van der Waals surface area contributed by atoms with Crippen LogP contribution in [0.1, 0.15) is 48.4 Å². The van der Waals surface area contributed by atoms with E-state index in [-0.39, 0.29) is 11.9 Å². The van der Waals surface area contributed by atoms with Gasteiger partial charge in [0.1, 0.15) is 0 Å². The highest BCUT2D eigenvalue weighted by molar-refractivity contribution is 7.10. The molecule has 0 saturated carbocycles. The smallest absolute Gasteiger partial charge is 0.234 e. The lowest BCUT2D eigenvalue weighted by molar-refractivity contribution is -0.119. The zero-order valence-corrected chi connectivity index (χ0v) is 13.4. The van der Waals surface area contributed by atoms with Gasteiger partial charge in [0.25, 0.3) is 0 Å². The van der Waals surface area contributed by atoms with Crippen LogP contribution in [0.3, 0.4) is 0 Å². The van der Waals surface area contributed by atoms with E-state index in [9.17, 15) is 4.79 Å². The number of hydrogen-bond donors (Lipinski definition) is 2. The molecule has 0 saturated heterocycles. The van der Waals surface area contributed by atoms with Crippen LogP contribution in [0.5, 0.6) is 0 Å². The Labute approximate surface area is 129 Å². The van der Waals surface area contributed by atoms with Gasteiger partial charge < -0.3 is 11.1 Å². The number of nitrogens with one attached hydrogen (secondary N) is 1. The molecule has 2 heterocycles. The number of carbonyl (C=O) groups is 1. The number of aryl methyl sites for hydroxylation is 1. The van der Waals surface area contributed by atoms with Crippen LogP contribution < -0.4 is 11.1 Å². The standard InChI is InChI=1S/C17H20N2OS/c1-4-10-7-8-21-15(10)14(18)11-5-6-13-12(9-11)17(2,3)16(20)19-13/h5-9,14H,4,18H2,1-3H3,(H,19,20). The lowest BCUT2D eigenvalue weighted by Gasteiger charge is -2.18. The fourth-order valence-electron chi connectivity index (χ4n) is 2.85. The topological polar surface area (TPSA) is 55.1 Å².